The zero-order valence-corrected chi connectivity index (χ0v) is 19.7. The summed E-state index contributed by atoms with van der Waals surface area (Å²) in [5.74, 6) is 0. The fraction of sp³-hybridized carbons (Fsp3) is 0.200. The van der Waals surface area contributed by atoms with Crippen LogP contribution >= 0.6 is 0 Å². The first kappa shape index (κ1) is 21.7. The van der Waals surface area contributed by atoms with Gasteiger partial charge in [0.25, 0.3) is 0 Å². The molecule has 33 heavy (non-hydrogen) atoms. The Morgan fingerprint density at radius 3 is 1.09 bits per heavy atom. The van der Waals surface area contributed by atoms with Gasteiger partial charge in [-0.3, -0.25) is 0 Å². The van der Waals surface area contributed by atoms with E-state index in [2.05, 4.69) is 125 Å². The summed E-state index contributed by atoms with van der Waals surface area (Å²) in [6.45, 7) is 8.33. The van der Waals surface area contributed by atoms with Crippen LogP contribution in [0.5, 0.6) is 0 Å². The van der Waals surface area contributed by atoms with Crippen LogP contribution in [0.15, 0.2) is 103 Å². The first-order valence-corrected chi connectivity index (χ1v) is 11.5. The van der Waals surface area contributed by atoms with Crippen molar-refractivity contribution in [3.8, 4) is 33.4 Å². The van der Waals surface area contributed by atoms with Crippen LogP contribution in [-0.2, 0) is 9.31 Å². The SMILES string of the molecule is CC1(C)OB(c2ccc(-c3ccc(-c4ccc(-c5ccccc5)cc4)cc3)cc2)OC1(C)C. The number of hydrogen-bond donors (Lipinski definition) is 0. The molecular formula is C30H29BO2. The maximum atomic E-state index is 6.17. The number of hydrogen-bond acceptors (Lipinski definition) is 2. The van der Waals surface area contributed by atoms with E-state index < -0.39 is 0 Å². The Balaban J connectivity index is 1.31. The molecule has 0 atom stereocenters. The molecule has 1 heterocycles. The molecule has 1 fully saturated rings. The second-order valence-corrected chi connectivity index (χ2v) is 9.73. The Morgan fingerprint density at radius 1 is 0.424 bits per heavy atom. The molecule has 0 N–H and O–H groups in total. The smallest absolute Gasteiger partial charge is 0.399 e. The maximum absolute atomic E-state index is 6.17. The molecule has 4 aromatic carbocycles. The standard InChI is InChI=1S/C30H29BO2/c1-29(2)30(3,4)33-31(32-29)28-20-18-27(19-21-28)26-16-14-25(15-17-26)24-12-10-23(11-13-24)22-8-6-5-7-9-22/h5-21H,1-4H3. The Morgan fingerprint density at radius 2 is 0.727 bits per heavy atom. The molecule has 0 aromatic heterocycles. The highest BCUT2D eigenvalue weighted by atomic mass is 16.7. The van der Waals surface area contributed by atoms with E-state index in [0.29, 0.717) is 0 Å². The van der Waals surface area contributed by atoms with Crippen LogP contribution in [0, 0.1) is 0 Å². The normalized spacial score (nSPS) is 16.7. The van der Waals surface area contributed by atoms with Gasteiger partial charge in [0.1, 0.15) is 0 Å². The average Bonchev–Trinajstić information content (AvgIpc) is 3.07. The molecule has 0 saturated carbocycles. The van der Waals surface area contributed by atoms with Crippen molar-refractivity contribution in [1.29, 1.82) is 0 Å². The molecule has 5 rings (SSSR count). The highest BCUT2D eigenvalue weighted by Crippen LogP contribution is 2.36. The van der Waals surface area contributed by atoms with Gasteiger partial charge >= 0.3 is 7.12 Å². The largest absolute Gasteiger partial charge is 0.494 e. The van der Waals surface area contributed by atoms with Crippen LogP contribution in [0.25, 0.3) is 33.4 Å². The van der Waals surface area contributed by atoms with E-state index in [4.69, 9.17) is 9.31 Å². The Kier molecular flexibility index (Phi) is 5.48. The van der Waals surface area contributed by atoms with Crippen molar-refractivity contribution >= 4 is 12.6 Å². The van der Waals surface area contributed by atoms with Crippen LogP contribution in [0.2, 0.25) is 0 Å². The van der Waals surface area contributed by atoms with Crippen molar-refractivity contribution in [3.63, 3.8) is 0 Å². The summed E-state index contributed by atoms with van der Waals surface area (Å²) < 4.78 is 12.3. The molecule has 0 radical (unpaired) electrons. The molecule has 0 aliphatic carbocycles. The van der Waals surface area contributed by atoms with Gasteiger partial charge < -0.3 is 9.31 Å². The monoisotopic (exact) mass is 432 g/mol. The lowest BCUT2D eigenvalue weighted by atomic mass is 9.78. The van der Waals surface area contributed by atoms with Crippen LogP contribution in [-0.4, -0.2) is 18.3 Å². The van der Waals surface area contributed by atoms with Crippen molar-refractivity contribution in [1.82, 2.24) is 0 Å². The molecule has 1 saturated heterocycles. The molecule has 0 amide bonds. The van der Waals surface area contributed by atoms with E-state index >= 15 is 0 Å². The van der Waals surface area contributed by atoms with Gasteiger partial charge in [0.15, 0.2) is 0 Å². The van der Waals surface area contributed by atoms with E-state index in [1.165, 1.54) is 33.4 Å². The van der Waals surface area contributed by atoms with Crippen molar-refractivity contribution in [2.75, 3.05) is 0 Å². The quantitative estimate of drug-likeness (QED) is 0.324. The van der Waals surface area contributed by atoms with Gasteiger partial charge in [0.2, 0.25) is 0 Å². The lowest BCUT2D eigenvalue weighted by molar-refractivity contribution is 0.00578. The summed E-state index contributed by atoms with van der Waals surface area (Å²) in [5.41, 5.74) is 7.68. The van der Waals surface area contributed by atoms with E-state index in [9.17, 15) is 0 Å². The van der Waals surface area contributed by atoms with Crippen LogP contribution in [0.4, 0.5) is 0 Å². The Labute approximate surface area is 197 Å². The first-order chi connectivity index (χ1) is 15.8. The first-order valence-electron chi connectivity index (χ1n) is 11.5. The molecule has 0 bridgehead atoms. The minimum atomic E-state index is -0.328. The lowest BCUT2D eigenvalue weighted by Gasteiger charge is -2.32. The minimum Gasteiger partial charge on any atom is -0.399 e. The maximum Gasteiger partial charge on any atom is 0.494 e. The zero-order chi connectivity index (χ0) is 23.1. The van der Waals surface area contributed by atoms with Gasteiger partial charge in [-0.1, -0.05) is 103 Å². The third kappa shape index (κ3) is 4.27. The van der Waals surface area contributed by atoms with Crippen molar-refractivity contribution in [2.45, 2.75) is 38.9 Å². The predicted molar refractivity (Wildman–Crippen MR) is 138 cm³/mol. The van der Waals surface area contributed by atoms with Gasteiger partial charge in [-0.15, -0.1) is 0 Å². The van der Waals surface area contributed by atoms with E-state index in [1.54, 1.807) is 0 Å². The van der Waals surface area contributed by atoms with E-state index in [0.717, 1.165) is 5.46 Å². The lowest BCUT2D eigenvalue weighted by Crippen LogP contribution is -2.41. The molecule has 2 nitrogen and oxygen atoms in total. The number of rotatable bonds is 4. The highest BCUT2D eigenvalue weighted by molar-refractivity contribution is 6.62. The fourth-order valence-corrected chi connectivity index (χ4v) is 4.15. The second kappa shape index (κ2) is 8.33. The molecule has 164 valence electrons. The van der Waals surface area contributed by atoms with Crippen molar-refractivity contribution < 1.29 is 9.31 Å². The highest BCUT2D eigenvalue weighted by Gasteiger charge is 2.51. The van der Waals surface area contributed by atoms with Gasteiger partial charge in [0.05, 0.1) is 11.2 Å². The summed E-state index contributed by atoms with van der Waals surface area (Å²) in [6, 6.07) is 36.5. The minimum absolute atomic E-state index is 0.328. The third-order valence-electron chi connectivity index (χ3n) is 6.98. The summed E-state index contributed by atoms with van der Waals surface area (Å²) in [4.78, 5) is 0. The summed E-state index contributed by atoms with van der Waals surface area (Å²) in [7, 11) is -0.328. The summed E-state index contributed by atoms with van der Waals surface area (Å²) >= 11 is 0. The Bertz CT molecular complexity index is 1210. The molecule has 3 heteroatoms. The molecular weight excluding hydrogens is 403 g/mol. The van der Waals surface area contributed by atoms with Gasteiger partial charge in [0, 0.05) is 0 Å². The van der Waals surface area contributed by atoms with Crippen LogP contribution in [0.3, 0.4) is 0 Å². The molecule has 4 aromatic rings. The topological polar surface area (TPSA) is 18.5 Å². The zero-order valence-electron chi connectivity index (χ0n) is 19.7. The van der Waals surface area contributed by atoms with E-state index in [1.807, 2.05) is 6.07 Å². The summed E-state index contributed by atoms with van der Waals surface area (Å²) in [6.07, 6.45) is 0. The van der Waals surface area contributed by atoms with Crippen LogP contribution < -0.4 is 5.46 Å². The number of benzene rings is 4. The van der Waals surface area contributed by atoms with Gasteiger partial charge in [-0.25, -0.2) is 0 Å². The fourth-order valence-electron chi connectivity index (χ4n) is 4.15. The third-order valence-corrected chi connectivity index (χ3v) is 6.98. The molecule has 0 spiro atoms. The van der Waals surface area contributed by atoms with Crippen molar-refractivity contribution in [2.24, 2.45) is 0 Å². The Hall–Kier alpha value is -3.14. The van der Waals surface area contributed by atoms with Crippen LogP contribution in [0.1, 0.15) is 27.7 Å². The van der Waals surface area contributed by atoms with E-state index in [-0.39, 0.29) is 18.3 Å². The molecule has 0 unspecified atom stereocenters. The average molecular weight is 432 g/mol. The molecule has 1 aliphatic heterocycles. The van der Waals surface area contributed by atoms with Gasteiger partial charge in [-0.05, 0) is 66.5 Å². The van der Waals surface area contributed by atoms with Crippen molar-refractivity contribution in [3.05, 3.63) is 103 Å². The predicted octanol–water partition coefficient (Wildman–Crippen LogP) is 6.99. The van der Waals surface area contributed by atoms with Gasteiger partial charge in [-0.2, -0.15) is 0 Å². The summed E-state index contributed by atoms with van der Waals surface area (Å²) in [5, 5.41) is 0. The second-order valence-electron chi connectivity index (χ2n) is 9.73. The molecule has 1 aliphatic rings.